The topological polar surface area (TPSA) is 74.6 Å². The predicted octanol–water partition coefficient (Wildman–Crippen LogP) is 2.23. The number of carboxylic acids is 2. The van der Waals surface area contributed by atoms with Gasteiger partial charge in [0.15, 0.2) is 0 Å². The van der Waals surface area contributed by atoms with Crippen molar-refractivity contribution in [2.24, 2.45) is 0 Å². The summed E-state index contributed by atoms with van der Waals surface area (Å²) in [5.41, 5.74) is -0.00778. The van der Waals surface area contributed by atoms with Crippen molar-refractivity contribution in [3.8, 4) is 0 Å². The Balaban J connectivity index is 0.00000144. The summed E-state index contributed by atoms with van der Waals surface area (Å²) in [5, 5.41) is 19.0. The maximum absolute atomic E-state index is 11.0. The molecule has 0 radical (unpaired) electrons. The normalized spacial score (nSPS) is 9.65. The van der Waals surface area contributed by atoms with Crippen LogP contribution in [0.2, 0.25) is 0 Å². The zero-order valence-corrected chi connectivity index (χ0v) is 10.2. The van der Waals surface area contributed by atoms with Crippen LogP contribution in [0.4, 0.5) is 0 Å². The van der Waals surface area contributed by atoms with Gasteiger partial charge in [-0.2, -0.15) is 0 Å². The maximum Gasteiger partial charge on any atom is 0.336 e. The summed E-state index contributed by atoms with van der Waals surface area (Å²) in [6.45, 7) is 0. The Morgan fingerprint density at radius 2 is 1.59 bits per heavy atom. The van der Waals surface area contributed by atoms with E-state index < -0.39 is 11.9 Å². The maximum atomic E-state index is 11.0. The molecule has 0 amide bonds. The van der Waals surface area contributed by atoms with E-state index in [-0.39, 0.29) is 32.8 Å². The van der Waals surface area contributed by atoms with Gasteiger partial charge in [0.1, 0.15) is 0 Å². The summed E-state index contributed by atoms with van der Waals surface area (Å²) >= 11 is 0. The van der Waals surface area contributed by atoms with Gasteiger partial charge in [-0.1, -0.05) is 24.3 Å². The number of hydrogen-bond acceptors (Lipinski definition) is 2. The van der Waals surface area contributed by atoms with Crippen LogP contribution in [0.15, 0.2) is 36.4 Å². The molecule has 5 heteroatoms. The van der Waals surface area contributed by atoms with Crippen LogP contribution in [0.1, 0.15) is 20.7 Å². The second-order valence-electron chi connectivity index (χ2n) is 3.36. The summed E-state index contributed by atoms with van der Waals surface area (Å²) in [7, 11) is 0. The molecule has 0 bridgehead atoms. The molecular weight excluding hydrogens is 256 g/mol. The number of carboxylic acid groups (broad SMARTS) is 2. The molecule has 0 aromatic heterocycles. The number of carbonyl (C=O) groups is 2. The average Bonchev–Trinajstić information content (AvgIpc) is 2.27. The Morgan fingerprint density at radius 3 is 2.18 bits per heavy atom. The van der Waals surface area contributed by atoms with E-state index in [1.54, 1.807) is 24.3 Å². The van der Waals surface area contributed by atoms with Crippen molar-refractivity contribution in [2.45, 2.75) is 0 Å². The smallest absolute Gasteiger partial charge is 0.336 e. The Bertz CT molecular complexity index is 592. The predicted molar refractivity (Wildman–Crippen MR) is 57.9 cm³/mol. The number of hydrogen-bond donors (Lipinski definition) is 2. The summed E-state index contributed by atoms with van der Waals surface area (Å²) in [4.78, 5) is 21.8. The van der Waals surface area contributed by atoms with Gasteiger partial charge in [-0.3, -0.25) is 0 Å². The minimum Gasteiger partial charge on any atom is -0.478 e. The molecule has 0 fully saturated rings. The summed E-state index contributed by atoms with van der Waals surface area (Å²) < 4.78 is 0. The van der Waals surface area contributed by atoms with E-state index in [2.05, 4.69) is 0 Å². The Morgan fingerprint density at radius 1 is 0.941 bits per heavy atom. The molecule has 0 saturated carbocycles. The van der Waals surface area contributed by atoms with Gasteiger partial charge < -0.3 is 10.2 Å². The van der Waals surface area contributed by atoms with E-state index in [9.17, 15) is 9.59 Å². The van der Waals surface area contributed by atoms with Crippen molar-refractivity contribution in [3.63, 3.8) is 0 Å². The standard InChI is InChI=1S/C12H8O4.Ti/c13-11(14)8-5-7-3-1-2-4-9(7)10(6-8)12(15)16;/h1-6H,(H,13,14)(H,15,16);. The molecule has 0 saturated heterocycles. The molecule has 0 aliphatic carbocycles. The molecule has 0 spiro atoms. The third-order valence-electron chi connectivity index (χ3n) is 2.34. The molecule has 0 aliphatic rings. The monoisotopic (exact) mass is 264 g/mol. The third-order valence-corrected chi connectivity index (χ3v) is 2.34. The van der Waals surface area contributed by atoms with Crippen LogP contribution < -0.4 is 0 Å². The van der Waals surface area contributed by atoms with Gasteiger partial charge in [-0.15, -0.1) is 0 Å². The molecule has 0 atom stereocenters. The van der Waals surface area contributed by atoms with Gasteiger partial charge in [-0.05, 0) is 22.9 Å². The van der Waals surface area contributed by atoms with Crippen LogP contribution in [0.25, 0.3) is 10.8 Å². The molecule has 0 heterocycles. The van der Waals surface area contributed by atoms with Gasteiger partial charge >= 0.3 is 11.9 Å². The number of aromatic carboxylic acids is 2. The molecule has 2 rings (SSSR count). The van der Waals surface area contributed by atoms with Crippen molar-refractivity contribution in [1.82, 2.24) is 0 Å². The van der Waals surface area contributed by atoms with Crippen molar-refractivity contribution >= 4 is 22.7 Å². The zero-order valence-electron chi connectivity index (χ0n) is 8.68. The van der Waals surface area contributed by atoms with Gasteiger partial charge in [0.2, 0.25) is 0 Å². The summed E-state index contributed by atoms with van der Waals surface area (Å²) in [6.07, 6.45) is 0. The fourth-order valence-electron chi connectivity index (χ4n) is 1.61. The van der Waals surface area contributed by atoms with E-state index >= 15 is 0 Å². The fourth-order valence-corrected chi connectivity index (χ4v) is 1.61. The molecule has 84 valence electrons. The van der Waals surface area contributed by atoms with E-state index in [0.717, 1.165) is 0 Å². The van der Waals surface area contributed by atoms with Gasteiger partial charge in [0, 0.05) is 21.7 Å². The molecule has 2 N–H and O–H groups in total. The first-order valence-electron chi connectivity index (χ1n) is 4.59. The Labute approximate surface area is 112 Å². The molecule has 0 aliphatic heterocycles. The quantitative estimate of drug-likeness (QED) is 0.815. The van der Waals surface area contributed by atoms with Gasteiger partial charge in [-0.25, -0.2) is 9.59 Å². The first-order valence-corrected chi connectivity index (χ1v) is 4.59. The summed E-state index contributed by atoms with van der Waals surface area (Å²) in [6, 6.07) is 9.44. The van der Waals surface area contributed by atoms with E-state index in [4.69, 9.17) is 10.2 Å². The SMILES string of the molecule is O=C(O)c1cc(C(=O)O)c2ccccc2c1.[Ti]. The van der Waals surface area contributed by atoms with Crippen molar-refractivity contribution in [1.29, 1.82) is 0 Å². The zero-order chi connectivity index (χ0) is 11.7. The van der Waals surface area contributed by atoms with Gasteiger partial charge in [0.25, 0.3) is 0 Å². The number of benzene rings is 2. The van der Waals surface area contributed by atoms with Crippen LogP contribution in [0.3, 0.4) is 0 Å². The van der Waals surface area contributed by atoms with Gasteiger partial charge in [0.05, 0.1) is 11.1 Å². The van der Waals surface area contributed by atoms with Crippen molar-refractivity contribution in [3.05, 3.63) is 47.5 Å². The molecule has 17 heavy (non-hydrogen) atoms. The summed E-state index contributed by atoms with van der Waals surface area (Å²) in [5.74, 6) is -2.26. The minimum atomic E-state index is -1.13. The Hall–Kier alpha value is -1.65. The largest absolute Gasteiger partial charge is 0.478 e. The first-order chi connectivity index (χ1) is 7.59. The van der Waals surface area contributed by atoms with Crippen LogP contribution in [-0.4, -0.2) is 22.2 Å². The fraction of sp³-hybridized carbons (Fsp3) is 0. The number of rotatable bonds is 2. The Kier molecular flexibility index (Phi) is 4.04. The first kappa shape index (κ1) is 13.4. The molecular formula is C12H8O4Ti. The molecule has 4 nitrogen and oxygen atoms in total. The van der Waals surface area contributed by atoms with E-state index in [0.29, 0.717) is 10.8 Å². The van der Waals surface area contributed by atoms with Crippen molar-refractivity contribution < 1.29 is 41.5 Å². The van der Waals surface area contributed by atoms with E-state index in [1.807, 2.05) is 0 Å². The second kappa shape index (κ2) is 5.12. The van der Waals surface area contributed by atoms with Crippen LogP contribution in [0, 0.1) is 0 Å². The third kappa shape index (κ3) is 2.54. The average molecular weight is 264 g/mol. The van der Waals surface area contributed by atoms with E-state index in [1.165, 1.54) is 12.1 Å². The second-order valence-corrected chi connectivity index (χ2v) is 3.36. The number of fused-ring (bicyclic) bond motifs is 1. The molecule has 2 aromatic carbocycles. The van der Waals surface area contributed by atoms with Crippen LogP contribution in [-0.2, 0) is 21.7 Å². The van der Waals surface area contributed by atoms with Crippen LogP contribution >= 0.6 is 0 Å². The molecule has 0 unspecified atom stereocenters. The molecule has 2 aromatic rings. The minimum absolute atomic E-state index is 0. The van der Waals surface area contributed by atoms with Crippen molar-refractivity contribution in [2.75, 3.05) is 0 Å². The van der Waals surface area contributed by atoms with Crippen LogP contribution in [0.5, 0.6) is 0 Å².